The molecule has 0 unspecified atom stereocenters. The number of phenols is 2. The van der Waals surface area contributed by atoms with E-state index in [1.165, 1.54) is 24.0 Å². The number of nitrogens with one attached hydrogen (secondary N) is 2. The van der Waals surface area contributed by atoms with E-state index in [1.807, 2.05) is 48.1 Å². The number of phenolic OH excluding ortho intramolecular Hbond substituents is 2. The van der Waals surface area contributed by atoms with Gasteiger partial charge in [-0.1, -0.05) is 119 Å². The number of aryl methyl sites for hydroxylation is 1. The molecule has 422 valence electrons. The third-order valence-electron chi connectivity index (χ3n) is 16.5. The second-order valence-corrected chi connectivity index (χ2v) is 28.3. The van der Waals surface area contributed by atoms with Gasteiger partial charge in [-0.3, -0.25) is 4.68 Å². The van der Waals surface area contributed by atoms with Crippen molar-refractivity contribution in [2.45, 2.75) is 104 Å². The number of esters is 1. The average molecular weight is 1160 g/mol. The highest BCUT2D eigenvalue weighted by Crippen LogP contribution is 2.59. The summed E-state index contributed by atoms with van der Waals surface area (Å²) < 4.78 is 6.75. The summed E-state index contributed by atoms with van der Waals surface area (Å²) in [5.74, 6) is -0.156. The van der Waals surface area contributed by atoms with E-state index in [9.17, 15) is 15.0 Å². The number of anilines is 8. The SMILES string of the molecule is COC(=O)c1nnc(Nc2ccccc2N2CC3(CCN(CC(C)(C)Cc4ccc(N5CC6(CCN(CC(C)(C)C)CC6)c6c(Cl)ccc(O)c65)c(Nc5nnc(-c6cc(C(C)(C)C)nn6C)s5)c4)CC3)c3c(Cl)ccc(O)c32)s1. The summed E-state index contributed by atoms with van der Waals surface area (Å²) in [4.78, 5) is 21.8. The van der Waals surface area contributed by atoms with Crippen LogP contribution in [0.15, 0.2) is 72.8 Å². The molecule has 0 amide bonds. The van der Waals surface area contributed by atoms with Gasteiger partial charge in [0.05, 0.1) is 52.6 Å². The molecule has 2 fully saturated rings. The third-order valence-corrected chi connectivity index (χ3v) is 18.8. The molecule has 80 heavy (non-hydrogen) atoms. The molecule has 11 rings (SSSR count). The number of aromatic hydroxyl groups is 2. The normalized spacial score (nSPS) is 17.4. The highest BCUT2D eigenvalue weighted by Gasteiger charge is 2.50. The number of carbonyl (C=O) groups is 1. The Balaban J connectivity index is 0.857. The lowest BCUT2D eigenvalue weighted by Gasteiger charge is -2.43. The molecule has 2 saturated heterocycles. The van der Waals surface area contributed by atoms with E-state index in [-0.39, 0.29) is 43.6 Å². The van der Waals surface area contributed by atoms with Crippen molar-refractivity contribution in [3.63, 3.8) is 0 Å². The second kappa shape index (κ2) is 21.1. The number of para-hydroxylation sites is 2. The van der Waals surface area contributed by atoms with E-state index >= 15 is 0 Å². The Morgan fingerprint density at radius 2 is 1.24 bits per heavy atom. The first-order valence-electron chi connectivity index (χ1n) is 27.5. The van der Waals surface area contributed by atoms with Crippen molar-refractivity contribution in [3.8, 4) is 22.2 Å². The second-order valence-electron chi connectivity index (χ2n) is 25.5. The minimum absolute atomic E-state index is 0.124. The summed E-state index contributed by atoms with van der Waals surface area (Å²) in [7, 11) is 3.27. The van der Waals surface area contributed by atoms with Crippen LogP contribution in [0.1, 0.15) is 113 Å². The lowest BCUT2D eigenvalue weighted by molar-refractivity contribution is 0.0599. The summed E-state index contributed by atoms with van der Waals surface area (Å²) in [6, 6.07) is 23.8. The number of methoxy groups -OCH3 is 1. The number of rotatable bonds is 13. The summed E-state index contributed by atoms with van der Waals surface area (Å²) in [5.41, 5.74) is 9.35. The molecule has 16 nitrogen and oxygen atoms in total. The maximum Gasteiger partial charge on any atom is 0.369 e. The highest BCUT2D eigenvalue weighted by molar-refractivity contribution is 7.18. The monoisotopic (exact) mass is 1160 g/mol. The first-order valence-corrected chi connectivity index (χ1v) is 29.9. The number of aromatic nitrogens is 6. The number of piperidine rings is 2. The van der Waals surface area contributed by atoms with Crippen molar-refractivity contribution >= 4 is 96.2 Å². The predicted molar refractivity (Wildman–Crippen MR) is 323 cm³/mol. The molecule has 20 heteroatoms. The predicted octanol–water partition coefficient (Wildman–Crippen LogP) is 13.4. The van der Waals surface area contributed by atoms with E-state index in [0.717, 1.165) is 139 Å². The zero-order chi connectivity index (χ0) is 56.7. The number of likely N-dealkylation sites (tertiary alicyclic amines) is 2. The molecule has 4 aliphatic heterocycles. The number of benzene rings is 4. The van der Waals surface area contributed by atoms with E-state index in [2.05, 4.69) is 120 Å². The average Bonchev–Trinajstić information content (AvgIpc) is 4.39. The molecule has 3 aromatic heterocycles. The van der Waals surface area contributed by atoms with Crippen LogP contribution in [0.5, 0.6) is 11.5 Å². The van der Waals surface area contributed by atoms with Crippen LogP contribution in [0.4, 0.5) is 44.4 Å². The number of halogens is 2. The molecular weight excluding hydrogens is 1090 g/mol. The van der Waals surface area contributed by atoms with E-state index in [1.54, 1.807) is 12.1 Å². The minimum atomic E-state index is -0.547. The Labute approximate surface area is 487 Å². The van der Waals surface area contributed by atoms with Gasteiger partial charge in [0.15, 0.2) is 5.01 Å². The van der Waals surface area contributed by atoms with Crippen molar-refractivity contribution < 1.29 is 19.7 Å². The van der Waals surface area contributed by atoms with E-state index in [4.69, 9.17) is 43.2 Å². The fourth-order valence-electron chi connectivity index (χ4n) is 12.9. The molecule has 0 radical (unpaired) electrons. The van der Waals surface area contributed by atoms with Gasteiger partial charge in [-0.25, -0.2) is 4.79 Å². The number of fused-ring (bicyclic) bond motifs is 4. The van der Waals surface area contributed by atoms with Crippen LogP contribution in [0, 0.1) is 10.8 Å². The number of hydrogen-bond donors (Lipinski definition) is 4. The number of carbonyl (C=O) groups excluding carboxylic acids is 1. The summed E-state index contributed by atoms with van der Waals surface area (Å²) in [6.07, 6.45) is 4.35. The highest BCUT2D eigenvalue weighted by atomic mass is 35.5. The topological polar surface area (TPSA) is 173 Å². The molecule has 2 spiro atoms. The Kier molecular flexibility index (Phi) is 14.7. The van der Waals surface area contributed by atoms with Crippen LogP contribution < -0.4 is 20.4 Å². The molecule has 7 aromatic rings. The smallest absolute Gasteiger partial charge is 0.369 e. The van der Waals surface area contributed by atoms with Gasteiger partial charge in [-0.15, -0.1) is 20.4 Å². The van der Waals surface area contributed by atoms with Gasteiger partial charge in [0.1, 0.15) is 11.5 Å². The van der Waals surface area contributed by atoms with Crippen molar-refractivity contribution in [2.75, 3.05) is 79.9 Å². The Bertz CT molecular complexity index is 3470. The van der Waals surface area contributed by atoms with Crippen molar-refractivity contribution in [1.29, 1.82) is 0 Å². The Morgan fingerprint density at radius 3 is 1.81 bits per heavy atom. The lowest BCUT2D eigenvalue weighted by Crippen LogP contribution is -2.47. The molecular formula is C60H72Cl2N12O4S2. The molecule has 0 bridgehead atoms. The standard InChI is InChI=1S/C60H72Cl2N12O4S2/c1-56(2,3)32-71-25-21-59(22-26-71)35-74(50-45(76)20-17-38(62)48(50)59)42-18-15-36(29-40(42)64-55-67-65-51(79-55)43-30-46(57(4,5)6)69-70(43)9)31-58(7,8)33-72-27-23-60(24-28-72)34-73(49-44(75)19-16-37(61)47(49)60)41-14-12-11-13-39(41)63-54-68-66-52(80-54)53(77)78-10/h11-20,29-30,75-76H,21-28,31-35H2,1-10H3,(H,63,68)(H,64,67). The molecule has 7 heterocycles. The molecule has 0 atom stereocenters. The molecule has 4 N–H and O–H groups in total. The number of hydrogen-bond acceptors (Lipinski definition) is 17. The van der Waals surface area contributed by atoms with Gasteiger partial charge in [0, 0.05) is 70.6 Å². The zero-order valence-electron chi connectivity index (χ0n) is 47.4. The van der Waals surface area contributed by atoms with Crippen molar-refractivity contribution in [3.05, 3.63) is 110 Å². The van der Waals surface area contributed by atoms with Crippen LogP contribution in [0.25, 0.3) is 10.7 Å². The van der Waals surface area contributed by atoms with Gasteiger partial charge in [0.25, 0.3) is 0 Å². The third kappa shape index (κ3) is 10.8. The van der Waals surface area contributed by atoms with Crippen LogP contribution >= 0.6 is 45.9 Å². The van der Waals surface area contributed by atoms with Gasteiger partial charge in [0.2, 0.25) is 15.3 Å². The lowest BCUT2D eigenvalue weighted by atomic mass is 9.73. The molecule has 4 aliphatic rings. The number of nitrogens with zero attached hydrogens (tertiary/aromatic N) is 10. The van der Waals surface area contributed by atoms with E-state index < -0.39 is 5.97 Å². The first kappa shape index (κ1) is 55.9. The Morgan fingerprint density at radius 1 is 0.688 bits per heavy atom. The van der Waals surface area contributed by atoms with Crippen LogP contribution in [-0.4, -0.2) is 116 Å². The summed E-state index contributed by atoms with van der Waals surface area (Å²) in [6.45, 7) is 24.9. The molecule has 0 saturated carbocycles. The minimum Gasteiger partial charge on any atom is -0.506 e. The van der Waals surface area contributed by atoms with Crippen LogP contribution in [0.2, 0.25) is 10.0 Å². The van der Waals surface area contributed by atoms with Gasteiger partial charge < -0.3 is 45.2 Å². The fraction of sp³-hybridized carbons (Fsp3) is 0.467. The summed E-state index contributed by atoms with van der Waals surface area (Å²) >= 11 is 17.0. The van der Waals surface area contributed by atoms with Crippen LogP contribution in [-0.2, 0) is 34.5 Å². The fourth-order valence-corrected chi connectivity index (χ4v) is 15.1. The Hall–Kier alpha value is -6.02. The quantitative estimate of drug-likeness (QED) is 0.0803. The molecule has 0 aliphatic carbocycles. The van der Waals surface area contributed by atoms with E-state index in [0.29, 0.717) is 39.1 Å². The van der Waals surface area contributed by atoms with Crippen LogP contribution in [0.3, 0.4) is 0 Å². The first-order chi connectivity index (χ1) is 37.9. The largest absolute Gasteiger partial charge is 0.506 e. The summed E-state index contributed by atoms with van der Waals surface area (Å²) in [5, 5.41) is 56.4. The van der Waals surface area contributed by atoms with Crippen molar-refractivity contribution in [1.82, 2.24) is 40.0 Å². The van der Waals surface area contributed by atoms with Gasteiger partial charge in [-0.2, -0.15) is 5.10 Å². The van der Waals surface area contributed by atoms with Gasteiger partial charge >= 0.3 is 5.97 Å². The maximum atomic E-state index is 12.2. The maximum absolute atomic E-state index is 12.2. The number of ether oxygens (including phenoxy) is 1. The zero-order valence-corrected chi connectivity index (χ0v) is 50.5. The van der Waals surface area contributed by atoms with Gasteiger partial charge in [-0.05, 0) is 129 Å². The molecule has 4 aromatic carbocycles. The van der Waals surface area contributed by atoms with Crippen molar-refractivity contribution in [2.24, 2.45) is 17.9 Å².